The predicted molar refractivity (Wildman–Crippen MR) is 219 cm³/mol. The molecule has 0 unspecified atom stereocenters. The highest BCUT2D eigenvalue weighted by Crippen LogP contribution is 2.46. The topological polar surface area (TPSA) is 12.9 Å². The van der Waals surface area contributed by atoms with Crippen LogP contribution in [0.2, 0.25) is 0 Å². The summed E-state index contributed by atoms with van der Waals surface area (Å²) < 4.78 is 5.28. The van der Waals surface area contributed by atoms with E-state index in [1.54, 1.807) is 0 Å². The van der Waals surface area contributed by atoms with Crippen molar-refractivity contribution in [3.8, 4) is 33.5 Å². The molecule has 0 aliphatic heterocycles. The maximum atomic E-state index is 5.21. The largest absolute Gasteiger partial charge is 0.247 e. The Morgan fingerprint density at radius 3 is 1.88 bits per heavy atom. The zero-order valence-corrected chi connectivity index (χ0v) is 28.5. The van der Waals surface area contributed by atoms with Gasteiger partial charge in [-0.3, -0.25) is 0 Å². The minimum Gasteiger partial charge on any atom is -0.247 e. The van der Waals surface area contributed by atoms with E-state index >= 15 is 0 Å². The van der Waals surface area contributed by atoms with Crippen LogP contribution in [-0.4, -0.2) is 4.98 Å². The van der Waals surface area contributed by atoms with E-state index in [0.29, 0.717) is 0 Å². The van der Waals surface area contributed by atoms with E-state index in [-0.39, 0.29) is 0 Å². The first-order valence-electron chi connectivity index (χ1n) is 17.0. The van der Waals surface area contributed by atoms with Crippen molar-refractivity contribution in [3.05, 3.63) is 164 Å². The van der Waals surface area contributed by atoms with Gasteiger partial charge < -0.3 is 0 Å². The molecular formula is C47H27NS2. The lowest BCUT2D eigenvalue weighted by Crippen LogP contribution is -1.90. The van der Waals surface area contributed by atoms with Gasteiger partial charge in [0.2, 0.25) is 0 Å². The fraction of sp³-hybridized carbons (Fsp3) is 0. The van der Waals surface area contributed by atoms with Crippen molar-refractivity contribution in [2.75, 3.05) is 0 Å². The van der Waals surface area contributed by atoms with Gasteiger partial charge in [0.15, 0.2) is 0 Å². The monoisotopic (exact) mass is 669 g/mol. The zero-order valence-electron chi connectivity index (χ0n) is 26.9. The Hall–Kier alpha value is -5.87. The zero-order chi connectivity index (χ0) is 32.8. The van der Waals surface area contributed by atoms with E-state index in [0.717, 1.165) is 16.8 Å². The molecule has 11 rings (SSSR count). The number of pyridine rings is 1. The van der Waals surface area contributed by atoms with Crippen molar-refractivity contribution >= 4 is 95.5 Å². The molecule has 8 aromatic carbocycles. The third-order valence-corrected chi connectivity index (χ3v) is 12.6. The van der Waals surface area contributed by atoms with Crippen LogP contribution in [0.3, 0.4) is 0 Å². The van der Waals surface area contributed by atoms with Crippen LogP contribution >= 0.6 is 22.7 Å². The normalized spacial score (nSPS) is 12.0. The predicted octanol–water partition coefficient (Wildman–Crippen LogP) is 14.3. The van der Waals surface area contributed by atoms with Crippen molar-refractivity contribution in [1.29, 1.82) is 0 Å². The minimum absolute atomic E-state index is 1.03. The van der Waals surface area contributed by atoms with Crippen LogP contribution in [0.15, 0.2) is 164 Å². The molecule has 0 amide bonds. The van der Waals surface area contributed by atoms with E-state index in [4.69, 9.17) is 4.98 Å². The highest BCUT2D eigenvalue weighted by Gasteiger charge is 2.18. The molecule has 3 heterocycles. The average Bonchev–Trinajstić information content (AvgIpc) is 3.76. The molecule has 0 aliphatic carbocycles. The molecular weight excluding hydrogens is 643 g/mol. The highest BCUT2D eigenvalue weighted by atomic mass is 32.1. The number of thiophene rings is 2. The number of hydrogen-bond acceptors (Lipinski definition) is 3. The average molecular weight is 670 g/mol. The summed E-state index contributed by atoms with van der Waals surface area (Å²) in [4.78, 5) is 5.21. The molecule has 0 aliphatic rings. The van der Waals surface area contributed by atoms with Crippen LogP contribution in [0, 0.1) is 0 Å². The summed E-state index contributed by atoms with van der Waals surface area (Å²) in [7, 11) is 0. The molecule has 1 nitrogen and oxygen atoms in total. The van der Waals surface area contributed by atoms with Crippen LogP contribution in [0.25, 0.3) is 106 Å². The number of fused-ring (bicyclic) bond motifs is 11. The Morgan fingerprint density at radius 2 is 1.00 bits per heavy atom. The van der Waals surface area contributed by atoms with Crippen molar-refractivity contribution in [2.24, 2.45) is 0 Å². The molecule has 0 fully saturated rings. The second kappa shape index (κ2) is 10.8. The SMILES string of the molecule is c1ccc(-c2nc3ccccc3c3c2ccc2sc4ccc(-c5cccc6c(-c7cccc8c7sc7ccccc78)cccc56)cc4c23)cc1. The molecule has 232 valence electrons. The maximum absolute atomic E-state index is 5.21. The van der Waals surface area contributed by atoms with Crippen LogP contribution in [-0.2, 0) is 0 Å². The van der Waals surface area contributed by atoms with Crippen LogP contribution < -0.4 is 0 Å². The smallest absolute Gasteiger partial charge is 0.0788 e. The van der Waals surface area contributed by atoms with E-state index in [1.807, 2.05) is 22.7 Å². The molecule has 3 aromatic heterocycles. The third-order valence-electron chi connectivity index (χ3n) is 10.3. The lowest BCUT2D eigenvalue weighted by molar-refractivity contribution is 1.43. The standard InChI is InChI=1S/C47H27NS2/c1-2-11-28(12-3-1)46-38-24-26-43-45(44(38)37-14-4-6-21-40(37)48-46)39-27-29(23-25-42(39)49-43)30-15-8-17-32-31(30)16-9-18-33(32)35-19-10-20-36-34-13-5-7-22-41(34)50-47(35)36/h1-27H. The molecule has 50 heavy (non-hydrogen) atoms. The number of rotatable bonds is 3. The van der Waals surface area contributed by atoms with E-state index < -0.39 is 0 Å². The van der Waals surface area contributed by atoms with Gasteiger partial charge >= 0.3 is 0 Å². The molecule has 0 atom stereocenters. The Balaban J connectivity index is 1.16. The van der Waals surface area contributed by atoms with Crippen molar-refractivity contribution in [2.45, 2.75) is 0 Å². The summed E-state index contributed by atoms with van der Waals surface area (Å²) in [6.07, 6.45) is 0. The number of benzene rings is 8. The molecule has 0 N–H and O–H groups in total. The molecule has 0 radical (unpaired) electrons. The summed E-state index contributed by atoms with van der Waals surface area (Å²) in [6.45, 7) is 0. The van der Waals surface area contributed by atoms with Gasteiger partial charge in [0, 0.05) is 67.6 Å². The number of aromatic nitrogens is 1. The molecule has 3 heteroatoms. The summed E-state index contributed by atoms with van der Waals surface area (Å²) in [5.74, 6) is 0. The van der Waals surface area contributed by atoms with Gasteiger partial charge in [-0.2, -0.15) is 0 Å². The minimum atomic E-state index is 1.03. The molecule has 0 saturated heterocycles. The van der Waals surface area contributed by atoms with Gasteiger partial charge in [0.05, 0.1) is 11.2 Å². The van der Waals surface area contributed by atoms with Gasteiger partial charge in [0.25, 0.3) is 0 Å². The summed E-state index contributed by atoms with van der Waals surface area (Å²) in [5.41, 5.74) is 8.27. The fourth-order valence-corrected chi connectivity index (χ4v) is 10.4. The van der Waals surface area contributed by atoms with Crippen molar-refractivity contribution in [1.82, 2.24) is 4.98 Å². The van der Waals surface area contributed by atoms with Gasteiger partial charge in [-0.25, -0.2) is 4.98 Å². The third kappa shape index (κ3) is 4.08. The van der Waals surface area contributed by atoms with Crippen LogP contribution in [0.5, 0.6) is 0 Å². The Kier molecular flexibility index (Phi) is 6.06. The lowest BCUT2D eigenvalue weighted by atomic mass is 9.91. The van der Waals surface area contributed by atoms with Gasteiger partial charge in [0.1, 0.15) is 0 Å². The molecule has 0 saturated carbocycles. The van der Waals surface area contributed by atoms with E-state index in [9.17, 15) is 0 Å². The lowest BCUT2D eigenvalue weighted by Gasteiger charge is -2.13. The van der Waals surface area contributed by atoms with Crippen LogP contribution in [0.4, 0.5) is 0 Å². The van der Waals surface area contributed by atoms with Crippen molar-refractivity contribution in [3.63, 3.8) is 0 Å². The molecule has 11 aromatic rings. The van der Waals surface area contributed by atoms with Crippen molar-refractivity contribution < 1.29 is 0 Å². The summed E-state index contributed by atoms with van der Waals surface area (Å²) in [6, 6.07) is 60.0. The first-order chi connectivity index (χ1) is 24.8. The maximum Gasteiger partial charge on any atom is 0.0788 e. The first kappa shape index (κ1) is 28.0. The highest BCUT2D eigenvalue weighted by molar-refractivity contribution is 7.26. The number of hydrogen-bond donors (Lipinski definition) is 0. The number of nitrogens with zero attached hydrogens (tertiary/aromatic N) is 1. The fourth-order valence-electron chi connectivity index (χ4n) is 8.05. The first-order valence-corrected chi connectivity index (χ1v) is 18.6. The van der Waals surface area contributed by atoms with Gasteiger partial charge in [-0.1, -0.05) is 133 Å². The number of para-hydroxylation sites is 1. The summed E-state index contributed by atoms with van der Waals surface area (Å²) in [5, 5.41) is 11.5. The quantitative estimate of drug-likeness (QED) is 0.171. The Bertz CT molecular complexity index is 3150. The second-order valence-corrected chi connectivity index (χ2v) is 15.1. The van der Waals surface area contributed by atoms with E-state index in [2.05, 4.69) is 164 Å². The van der Waals surface area contributed by atoms with Gasteiger partial charge in [-0.05, 0) is 57.8 Å². The Morgan fingerprint density at radius 1 is 0.340 bits per heavy atom. The van der Waals surface area contributed by atoms with Gasteiger partial charge in [-0.15, -0.1) is 22.7 Å². The molecule has 0 bridgehead atoms. The summed E-state index contributed by atoms with van der Waals surface area (Å²) >= 11 is 3.77. The van der Waals surface area contributed by atoms with E-state index in [1.165, 1.54) is 89.5 Å². The van der Waals surface area contributed by atoms with Crippen LogP contribution in [0.1, 0.15) is 0 Å². The second-order valence-electron chi connectivity index (χ2n) is 13.0. The molecule has 0 spiro atoms. The Labute approximate surface area is 296 Å².